The molecule has 10 heteroatoms. The highest BCUT2D eigenvalue weighted by atomic mass is 32.2. The quantitative estimate of drug-likeness (QED) is 0.502. The summed E-state index contributed by atoms with van der Waals surface area (Å²) in [5, 5.41) is 2.95. The predicted molar refractivity (Wildman–Crippen MR) is 141 cm³/mol. The molecule has 1 aromatic carbocycles. The van der Waals surface area contributed by atoms with E-state index in [9.17, 15) is 9.59 Å². The molecular formula is C26H30N6O3S. The van der Waals surface area contributed by atoms with Gasteiger partial charge in [-0.1, -0.05) is 18.2 Å². The highest BCUT2D eigenvalue weighted by Crippen LogP contribution is 2.29. The second-order valence-corrected chi connectivity index (χ2v) is 10.1. The van der Waals surface area contributed by atoms with E-state index < -0.39 is 5.60 Å². The molecule has 3 aromatic rings. The monoisotopic (exact) mass is 506 g/mol. The summed E-state index contributed by atoms with van der Waals surface area (Å²) >= 11 is 1.60. The molecule has 1 fully saturated rings. The van der Waals surface area contributed by atoms with Crippen LogP contribution in [0, 0.1) is 0 Å². The maximum atomic E-state index is 13.1. The summed E-state index contributed by atoms with van der Waals surface area (Å²) in [4.78, 5) is 43.5. The lowest BCUT2D eigenvalue weighted by Crippen LogP contribution is -2.50. The number of hydrogen-bond donors (Lipinski definition) is 1. The van der Waals surface area contributed by atoms with Crippen molar-refractivity contribution in [3.8, 4) is 11.4 Å². The van der Waals surface area contributed by atoms with Crippen molar-refractivity contribution in [2.24, 2.45) is 0 Å². The zero-order valence-corrected chi connectivity index (χ0v) is 21.7. The molecule has 188 valence electrons. The summed E-state index contributed by atoms with van der Waals surface area (Å²) in [6, 6.07) is 11.3. The fourth-order valence-electron chi connectivity index (χ4n) is 3.85. The van der Waals surface area contributed by atoms with Crippen LogP contribution in [0.3, 0.4) is 0 Å². The smallest absolute Gasteiger partial charge is 0.410 e. The van der Waals surface area contributed by atoms with Crippen molar-refractivity contribution in [2.45, 2.75) is 31.3 Å². The average Bonchev–Trinajstić information content (AvgIpc) is 2.88. The van der Waals surface area contributed by atoms with Crippen LogP contribution in [-0.2, 0) is 4.74 Å². The van der Waals surface area contributed by atoms with Crippen LogP contribution < -0.4 is 10.2 Å². The topological polar surface area (TPSA) is 101 Å². The number of ether oxygens (including phenoxy) is 1. The molecule has 1 N–H and O–H groups in total. The van der Waals surface area contributed by atoms with Crippen LogP contribution in [0.2, 0.25) is 0 Å². The zero-order chi connectivity index (χ0) is 25.7. The van der Waals surface area contributed by atoms with Gasteiger partial charge < -0.3 is 19.9 Å². The first kappa shape index (κ1) is 25.4. The molecule has 2 aromatic heterocycles. The molecule has 1 saturated heterocycles. The Balaban J connectivity index is 1.47. The molecule has 0 bridgehead atoms. The minimum Gasteiger partial charge on any atom is -0.444 e. The summed E-state index contributed by atoms with van der Waals surface area (Å²) < 4.78 is 5.49. The number of carbonyl (C=O) groups excluding carboxylic acids is 2. The van der Waals surface area contributed by atoms with Crippen LogP contribution in [0.5, 0.6) is 0 Å². The molecule has 1 aliphatic rings. The van der Waals surface area contributed by atoms with Crippen LogP contribution in [0.1, 0.15) is 31.3 Å². The van der Waals surface area contributed by atoms with E-state index in [1.54, 1.807) is 41.3 Å². The number of pyridine rings is 1. The van der Waals surface area contributed by atoms with Crippen molar-refractivity contribution < 1.29 is 14.3 Å². The second kappa shape index (κ2) is 10.9. The number of amides is 2. The van der Waals surface area contributed by atoms with E-state index in [2.05, 4.69) is 25.2 Å². The van der Waals surface area contributed by atoms with Gasteiger partial charge in [0.2, 0.25) is 0 Å². The Kier molecular flexibility index (Phi) is 7.73. The average molecular weight is 507 g/mol. The summed E-state index contributed by atoms with van der Waals surface area (Å²) in [6.07, 6.45) is 6.58. The molecule has 0 aliphatic carbocycles. The van der Waals surface area contributed by atoms with Crippen molar-refractivity contribution in [1.82, 2.24) is 19.9 Å². The van der Waals surface area contributed by atoms with Gasteiger partial charge in [0.25, 0.3) is 5.91 Å². The van der Waals surface area contributed by atoms with Gasteiger partial charge in [-0.2, -0.15) is 0 Å². The van der Waals surface area contributed by atoms with Crippen molar-refractivity contribution in [1.29, 1.82) is 0 Å². The van der Waals surface area contributed by atoms with Gasteiger partial charge in [-0.05, 0) is 45.2 Å². The number of nitrogens with zero attached hydrogens (tertiary/aromatic N) is 5. The van der Waals surface area contributed by atoms with E-state index in [-0.39, 0.29) is 17.7 Å². The van der Waals surface area contributed by atoms with Gasteiger partial charge in [0.15, 0.2) is 5.82 Å². The molecule has 1 aliphatic heterocycles. The fraction of sp³-hybridized carbons (Fsp3) is 0.346. The molecule has 9 nitrogen and oxygen atoms in total. The van der Waals surface area contributed by atoms with Crippen molar-refractivity contribution in [3.63, 3.8) is 0 Å². The van der Waals surface area contributed by atoms with E-state index in [0.29, 0.717) is 37.7 Å². The van der Waals surface area contributed by atoms with E-state index in [4.69, 9.17) is 4.74 Å². The van der Waals surface area contributed by atoms with Gasteiger partial charge in [0.1, 0.15) is 11.3 Å². The second-order valence-electron chi connectivity index (χ2n) is 9.27. The summed E-state index contributed by atoms with van der Waals surface area (Å²) in [5.41, 5.74) is 2.03. The number of benzene rings is 1. The Labute approximate surface area is 215 Å². The van der Waals surface area contributed by atoms with E-state index >= 15 is 0 Å². The number of rotatable bonds is 5. The molecule has 0 radical (unpaired) electrons. The minimum atomic E-state index is -0.533. The number of carbonyl (C=O) groups is 2. The lowest BCUT2D eigenvalue weighted by molar-refractivity contribution is 0.0240. The molecule has 36 heavy (non-hydrogen) atoms. The standard InChI is InChI=1S/C26H30N6O3S/c1-26(2,3)35-25(34)32-15-13-31(14-16-32)21-10-11-27-17-20(21)30-24(33)19-9-12-28-23(29-19)18-7-5-6-8-22(18)36-4/h5-12,17H,13-16H2,1-4H3,(H,30,33). The van der Waals surface area contributed by atoms with Crippen LogP contribution >= 0.6 is 11.8 Å². The maximum absolute atomic E-state index is 13.1. The molecule has 4 rings (SSSR count). The van der Waals surface area contributed by atoms with Gasteiger partial charge in [0.05, 0.1) is 17.6 Å². The molecule has 0 saturated carbocycles. The molecule has 0 unspecified atom stereocenters. The maximum Gasteiger partial charge on any atom is 0.410 e. The predicted octanol–water partition coefficient (Wildman–Crippen LogP) is 4.57. The molecule has 2 amide bonds. The molecular weight excluding hydrogens is 476 g/mol. The Morgan fingerprint density at radius 2 is 1.78 bits per heavy atom. The van der Waals surface area contributed by atoms with Gasteiger partial charge >= 0.3 is 6.09 Å². The van der Waals surface area contributed by atoms with E-state index in [0.717, 1.165) is 16.1 Å². The number of thioether (sulfide) groups is 1. The minimum absolute atomic E-state index is 0.264. The van der Waals surface area contributed by atoms with Gasteiger partial charge in [-0.25, -0.2) is 14.8 Å². The van der Waals surface area contributed by atoms with Crippen LogP contribution in [0.25, 0.3) is 11.4 Å². The molecule has 3 heterocycles. The zero-order valence-electron chi connectivity index (χ0n) is 20.9. The Morgan fingerprint density at radius 1 is 1.03 bits per heavy atom. The highest BCUT2D eigenvalue weighted by molar-refractivity contribution is 7.98. The first-order valence-electron chi connectivity index (χ1n) is 11.7. The Hall–Kier alpha value is -3.66. The normalized spacial score (nSPS) is 13.9. The number of hydrogen-bond acceptors (Lipinski definition) is 8. The van der Waals surface area contributed by atoms with Gasteiger partial charge in [-0.15, -0.1) is 11.8 Å². The number of nitrogens with one attached hydrogen (secondary N) is 1. The third-order valence-electron chi connectivity index (χ3n) is 5.55. The van der Waals surface area contributed by atoms with Crippen molar-refractivity contribution >= 4 is 35.1 Å². The Bertz CT molecular complexity index is 1240. The van der Waals surface area contributed by atoms with Crippen molar-refractivity contribution in [3.05, 3.63) is 60.7 Å². The third kappa shape index (κ3) is 6.12. The van der Waals surface area contributed by atoms with Crippen LogP contribution in [0.4, 0.5) is 16.2 Å². The summed E-state index contributed by atoms with van der Waals surface area (Å²) in [5.74, 6) is 0.152. The highest BCUT2D eigenvalue weighted by Gasteiger charge is 2.27. The molecule has 0 atom stereocenters. The summed E-state index contributed by atoms with van der Waals surface area (Å²) in [7, 11) is 0. The van der Waals surface area contributed by atoms with Gasteiger partial charge in [0, 0.05) is 49.0 Å². The third-order valence-corrected chi connectivity index (χ3v) is 6.35. The first-order chi connectivity index (χ1) is 17.2. The van der Waals surface area contributed by atoms with Crippen LogP contribution in [0.15, 0.2) is 59.9 Å². The lowest BCUT2D eigenvalue weighted by atomic mass is 10.2. The van der Waals surface area contributed by atoms with E-state index in [1.165, 1.54) is 0 Å². The molecule has 0 spiro atoms. The lowest BCUT2D eigenvalue weighted by Gasteiger charge is -2.37. The Morgan fingerprint density at radius 3 is 2.50 bits per heavy atom. The largest absolute Gasteiger partial charge is 0.444 e. The van der Waals surface area contributed by atoms with Gasteiger partial charge in [-0.3, -0.25) is 9.78 Å². The number of aromatic nitrogens is 3. The summed E-state index contributed by atoms with van der Waals surface area (Å²) in [6.45, 7) is 7.83. The number of anilines is 2. The van der Waals surface area contributed by atoms with Crippen LogP contribution in [-0.4, -0.2) is 69.9 Å². The fourth-order valence-corrected chi connectivity index (χ4v) is 4.44. The SMILES string of the molecule is CSc1ccccc1-c1nccc(C(=O)Nc2cnccc2N2CCN(C(=O)OC(C)(C)C)CC2)n1. The van der Waals surface area contributed by atoms with E-state index in [1.807, 2.05) is 57.4 Å². The first-order valence-corrected chi connectivity index (χ1v) is 12.9. The van der Waals surface area contributed by atoms with Crippen molar-refractivity contribution in [2.75, 3.05) is 42.7 Å². The number of piperazine rings is 1.